The number of carbonyl (C=O) groups excluding carboxylic acids is 2. The van der Waals surface area contributed by atoms with Crippen molar-refractivity contribution in [2.24, 2.45) is 11.7 Å². The SMILES string of the molecule is C=C(C)c1cccc(C(C)(C)NC(=O)N2CCC[C@H](C(N)=O)C2)c1. The van der Waals surface area contributed by atoms with E-state index in [0.29, 0.717) is 13.1 Å². The smallest absolute Gasteiger partial charge is 0.318 e. The summed E-state index contributed by atoms with van der Waals surface area (Å²) in [7, 11) is 0. The lowest BCUT2D eigenvalue weighted by Gasteiger charge is -2.35. The summed E-state index contributed by atoms with van der Waals surface area (Å²) < 4.78 is 0. The molecule has 24 heavy (non-hydrogen) atoms. The highest BCUT2D eigenvalue weighted by molar-refractivity contribution is 5.80. The Labute approximate surface area is 143 Å². The van der Waals surface area contributed by atoms with Crippen molar-refractivity contribution in [2.75, 3.05) is 13.1 Å². The number of carbonyl (C=O) groups is 2. The quantitative estimate of drug-likeness (QED) is 0.891. The maximum atomic E-state index is 12.6. The summed E-state index contributed by atoms with van der Waals surface area (Å²) in [5, 5.41) is 3.07. The number of hydrogen-bond donors (Lipinski definition) is 2. The third-order valence-corrected chi connectivity index (χ3v) is 4.61. The van der Waals surface area contributed by atoms with E-state index in [2.05, 4.69) is 11.9 Å². The molecule has 1 saturated heterocycles. The van der Waals surface area contributed by atoms with Crippen LogP contribution >= 0.6 is 0 Å². The molecule has 0 spiro atoms. The Morgan fingerprint density at radius 3 is 2.71 bits per heavy atom. The molecule has 5 nitrogen and oxygen atoms in total. The van der Waals surface area contributed by atoms with Crippen LogP contribution in [0.5, 0.6) is 0 Å². The molecular weight excluding hydrogens is 302 g/mol. The van der Waals surface area contributed by atoms with E-state index in [1.165, 1.54) is 0 Å². The lowest BCUT2D eigenvalue weighted by Crippen LogP contribution is -2.52. The molecule has 0 radical (unpaired) electrons. The van der Waals surface area contributed by atoms with Gasteiger partial charge >= 0.3 is 6.03 Å². The normalized spacial score (nSPS) is 18.1. The van der Waals surface area contributed by atoms with Crippen LogP contribution in [0.4, 0.5) is 4.79 Å². The summed E-state index contributed by atoms with van der Waals surface area (Å²) in [5.41, 5.74) is 7.92. The minimum absolute atomic E-state index is 0.160. The van der Waals surface area contributed by atoms with Crippen LogP contribution in [0.3, 0.4) is 0 Å². The molecule has 0 aromatic heterocycles. The molecule has 1 aliphatic heterocycles. The van der Waals surface area contributed by atoms with Gasteiger partial charge in [-0.05, 0) is 50.8 Å². The number of hydrogen-bond acceptors (Lipinski definition) is 2. The zero-order valence-electron chi connectivity index (χ0n) is 14.8. The summed E-state index contributed by atoms with van der Waals surface area (Å²) in [4.78, 5) is 25.7. The van der Waals surface area contributed by atoms with E-state index in [-0.39, 0.29) is 17.9 Å². The summed E-state index contributed by atoms with van der Waals surface area (Å²) in [5.74, 6) is -0.583. The van der Waals surface area contributed by atoms with Crippen molar-refractivity contribution < 1.29 is 9.59 Å². The minimum Gasteiger partial charge on any atom is -0.369 e. The van der Waals surface area contributed by atoms with Crippen LogP contribution < -0.4 is 11.1 Å². The average Bonchev–Trinajstić information content (AvgIpc) is 2.54. The Morgan fingerprint density at radius 2 is 2.08 bits per heavy atom. The predicted molar refractivity (Wildman–Crippen MR) is 96.2 cm³/mol. The van der Waals surface area contributed by atoms with Gasteiger partial charge in [-0.25, -0.2) is 4.79 Å². The van der Waals surface area contributed by atoms with Gasteiger partial charge in [0.1, 0.15) is 0 Å². The number of likely N-dealkylation sites (tertiary alicyclic amines) is 1. The molecule has 1 aromatic carbocycles. The van der Waals surface area contributed by atoms with E-state index in [1.807, 2.05) is 45.0 Å². The Balaban J connectivity index is 2.10. The monoisotopic (exact) mass is 329 g/mol. The minimum atomic E-state index is -0.526. The first-order chi connectivity index (χ1) is 11.2. The highest BCUT2D eigenvalue weighted by atomic mass is 16.2. The topological polar surface area (TPSA) is 75.4 Å². The van der Waals surface area contributed by atoms with Crippen LogP contribution in [0.25, 0.3) is 5.57 Å². The van der Waals surface area contributed by atoms with Gasteiger partial charge in [0, 0.05) is 13.1 Å². The molecule has 3 amide bonds. The molecule has 1 aromatic rings. The van der Waals surface area contributed by atoms with Gasteiger partial charge in [0.15, 0.2) is 0 Å². The van der Waals surface area contributed by atoms with Crippen molar-refractivity contribution in [3.8, 4) is 0 Å². The first-order valence-electron chi connectivity index (χ1n) is 8.33. The number of urea groups is 1. The van der Waals surface area contributed by atoms with Gasteiger partial charge in [0.2, 0.25) is 5.91 Å². The fraction of sp³-hybridized carbons (Fsp3) is 0.474. The number of nitrogens with two attached hydrogens (primary N) is 1. The Kier molecular flexibility index (Phi) is 5.32. The molecule has 0 bridgehead atoms. The summed E-state index contributed by atoms with van der Waals surface area (Å²) in [6, 6.07) is 7.86. The second kappa shape index (κ2) is 7.07. The summed E-state index contributed by atoms with van der Waals surface area (Å²) >= 11 is 0. The Morgan fingerprint density at radius 1 is 1.38 bits per heavy atom. The maximum Gasteiger partial charge on any atom is 0.318 e. The molecule has 5 heteroatoms. The summed E-state index contributed by atoms with van der Waals surface area (Å²) in [6.45, 7) is 10.9. The van der Waals surface area contributed by atoms with E-state index < -0.39 is 5.54 Å². The second-order valence-electron chi connectivity index (χ2n) is 7.10. The van der Waals surface area contributed by atoms with Crippen molar-refractivity contribution in [3.63, 3.8) is 0 Å². The highest BCUT2D eigenvalue weighted by Gasteiger charge is 2.30. The fourth-order valence-electron chi connectivity index (χ4n) is 2.99. The predicted octanol–water partition coefficient (Wildman–Crippen LogP) is 2.86. The lowest BCUT2D eigenvalue weighted by molar-refractivity contribution is -0.123. The number of benzene rings is 1. The molecule has 0 saturated carbocycles. The second-order valence-corrected chi connectivity index (χ2v) is 7.10. The molecule has 2 rings (SSSR count). The molecular formula is C19H27N3O2. The first kappa shape index (κ1) is 18.0. The summed E-state index contributed by atoms with van der Waals surface area (Å²) in [6.07, 6.45) is 1.55. The molecule has 130 valence electrons. The van der Waals surface area contributed by atoms with Crippen molar-refractivity contribution >= 4 is 17.5 Å². The van der Waals surface area contributed by atoms with Crippen molar-refractivity contribution in [1.82, 2.24) is 10.2 Å². The zero-order chi connectivity index (χ0) is 17.9. The Hall–Kier alpha value is -2.30. The van der Waals surface area contributed by atoms with Gasteiger partial charge < -0.3 is 16.0 Å². The van der Waals surface area contributed by atoms with Crippen LogP contribution in [0, 0.1) is 5.92 Å². The number of amides is 3. The van der Waals surface area contributed by atoms with Crippen molar-refractivity contribution in [2.45, 2.75) is 39.2 Å². The maximum absolute atomic E-state index is 12.6. The molecule has 3 N–H and O–H groups in total. The van der Waals surface area contributed by atoms with Gasteiger partial charge in [-0.1, -0.05) is 30.4 Å². The van der Waals surface area contributed by atoms with Crippen LogP contribution in [-0.2, 0) is 10.3 Å². The Bertz CT molecular complexity index is 652. The number of rotatable bonds is 4. The number of allylic oxidation sites excluding steroid dienone is 1. The van der Waals surface area contributed by atoms with E-state index in [0.717, 1.165) is 29.5 Å². The molecule has 1 aliphatic rings. The van der Waals surface area contributed by atoms with E-state index in [1.54, 1.807) is 4.90 Å². The van der Waals surface area contributed by atoms with Gasteiger partial charge in [-0.2, -0.15) is 0 Å². The number of nitrogens with one attached hydrogen (secondary N) is 1. The van der Waals surface area contributed by atoms with Crippen molar-refractivity contribution in [3.05, 3.63) is 42.0 Å². The van der Waals surface area contributed by atoms with Gasteiger partial charge in [-0.15, -0.1) is 0 Å². The van der Waals surface area contributed by atoms with Crippen LogP contribution in [0.1, 0.15) is 44.7 Å². The number of primary amides is 1. The lowest BCUT2D eigenvalue weighted by atomic mass is 9.91. The van der Waals surface area contributed by atoms with E-state index in [4.69, 9.17) is 5.73 Å². The van der Waals surface area contributed by atoms with Crippen LogP contribution in [0.15, 0.2) is 30.8 Å². The van der Waals surface area contributed by atoms with Crippen LogP contribution in [0.2, 0.25) is 0 Å². The largest absolute Gasteiger partial charge is 0.369 e. The third kappa shape index (κ3) is 4.16. The molecule has 1 atom stereocenters. The van der Waals surface area contributed by atoms with Crippen molar-refractivity contribution in [1.29, 1.82) is 0 Å². The molecule has 1 heterocycles. The highest BCUT2D eigenvalue weighted by Crippen LogP contribution is 2.24. The van der Waals surface area contributed by atoms with Gasteiger partial charge in [-0.3, -0.25) is 4.79 Å². The number of nitrogens with zero attached hydrogens (tertiary/aromatic N) is 1. The fourth-order valence-corrected chi connectivity index (χ4v) is 2.99. The van der Waals surface area contributed by atoms with Gasteiger partial charge in [0.05, 0.1) is 11.5 Å². The standard InChI is InChI=1S/C19H27N3O2/c1-13(2)14-7-5-9-16(11-14)19(3,4)21-18(24)22-10-6-8-15(12-22)17(20)23/h5,7,9,11,15H,1,6,8,10,12H2,2-4H3,(H2,20,23)(H,21,24)/t15-/m0/s1. The third-order valence-electron chi connectivity index (χ3n) is 4.61. The molecule has 0 unspecified atom stereocenters. The average molecular weight is 329 g/mol. The first-order valence-corrected chi connectivity index (χ1v) is 8.33. The van der Waals surface area contributed by atoms with Crippen LogP contribution in [-0.4, -0.2) is 29.9 Å². The van der Waals surface area contributed by atoms with E-state index >= 15 is 0 Å². The zero-order valence-corrected chi connectivity index (χ0v) is 14.8. The molecule has 1 fully saturated rings. The van der Waals surface area contributed by atoms with E-state index in [9.17, 15) is 9.59 Å². The van der Waals surface area contributed by atoms with Gasteiger partial charge in [0.25, 0.3) is 0 Å². The molecule has 0 aliphatic carbocycles. The number of piperidine rings is 1.